The molecule has 0 aliphatic rings. The van der Waals surface area contributed by atoms with Gasteiger partial charge in [-0.3, -0.25) is 4.98 Å². The number of aromatic nitrogens is 3. The van der Waals surface area contributed by atoms with Crippen LogP contribution in [-0.2, 0) is 27.7 Å². The standard InChI is InChI=1S/C19H16Cl2F3N3O5S/c1-3-27-13(4-5-26-27)32-18(28)14-15(21)12(8-31-9-19(22,23)24)17(33(2,29)30)11-6-10(20)7-25-16(11)14/h4-7H,3,8-9H2,1-2H3. The minimum absolute atomic E-state index is 0.0280. The molecular weight excluding hydrogens is 510 g/mol. The van der Waals surface area contributed by atoms with Crippen molar-refractivity contribution in [2.24, 2.45) is 0 Å². The molecule has 0 spiro atoms. The molecule has 0 aliphatic heterocycles. The van der Waals surface area contributed by atoms with Crippen molar-refractivity contribution in [3.8, 4) is 5.88 Å². The van der Waals surface area contributed by atoms with Crippen LogP contribution in [0.5, 0.6) is 5.88 Å². The van der Waals surface area contributed by atoms with Crippen LogP contribution in [0.2, 0.25) is 10.0 Å². The number of esters is 1. The third-order valence-corrected chi connectivity index (χ3v) is 6.19. The van der Waals surface area contributed by atoms with E-state index in [1.54, 1.807) is 6.92 Å². The van der Waals surface area contributed by atoms with Gasteiger partial charge in [0.1, 0.15) is 12.2 Å². The van der Waals surface area contributed by atoms with Crippen molar-refractivity contribution in [3.63, 3.8) is 0 Å². The summed E-state index contributed by atoms with van der Waals surface area (Å²) < 4.78 is 74.4. The summed E-state index contributed by atoms with van der Waals surface area (Å²) in [4.78, 5) is 16.7. The lowest BCUT2D eigenvalue weighted by Gasteiger charge is -2.18. The predicted molar refractivity (Wildman–Crippen MR) is 113 cm³/mol. The van der Waals surface area contributed by atoms with Crippen LogP contribution >= 0.6 is 23.2 Å². The van der Waals surface area contributed by atoms with Crippen molar-refractivity contribution >= 4 is 49.9 Å². The second kappa shape index (κ2) is 9.45. The van der Waals surface area contributed by atoms with Crippen LogP contribution in [0, 0.1) is 0 Å². The first-order valence-electron chi connectivity index (χ1n) is 9.21. The molecule has 33 heavy (non-hydrogen) atoms. The normalized spacial score (nSPS) is 12.3. The molecule has 2 aromatic heterocycles. The lowest BCUT2D eigenvalue weighted by atomic mass is 10.0. The molecule has 2 heterocycles. The van der Waals surface area contributed by atoms with E-state index in [0.717, 1.165) is 6.26 Å². The molecule has 0 amide bonds. The SMILES string of the molecule is CCn1nccc1OC(=O)c1c(Cl)c(COCC(F)(F)F)c(S(C)(=O)=O)c2cc(Cl)cnc12. The van der Waals surface area contributed by atoms with Crippen molar-refractivity contribution in [3.05, 3.63) is 45.7 Å². The average molecular weight is 526 g/mol. The summed E-state index contributed by atoms with van der Waals surface area (Å²) in [5.74, 6) is -0.949. The van der Waals surface area contributed by atoms with E-state index in [1.807, 2.05) is 0 Å². The molecule has 0 atom stereocenters. The zero-order chi connectivity index (χ0) is 24.6. The molecule has 0 saturated carbocycles. The molecule has 0 unspecified atom stereocenters. The van der Waals surface area contributed by atoms with Crippen LogP contribution in [0.4, 0.5) is 13.2 Å². The van der Waals surface area contributed by atoms with Crippen LogP contribution in [0.25, 0.3) is 10.9 Å². The molecule has 0 fully saturated rings. The Hall–Kier alpha value is -2.41. The van der Waals surface area contributed by atoms with E-state index in [-0.39, 0.29) is 32.9 Å². The van der Waals surface area contributed by atoms with Gasteiger partial charge in [-0.1, -0.05) is 23.2 Å². The monoisotopic (exact) mass is 525 g/mol. The topological polar surface area (TPSA) is 100 Å². The first-order chi connectivity index (χ1) is 15.3. The van der Waals surface area contributed by atoms with Gasteiger partial charge < -0.3 is 9.47 Å². The number of aryl methyl sites for hydroxylation is 1. The smallest absolute Gasteiger partial charge is 0.404 e. The van der Waals surface area contributed by atoms with Gasteiger partial charge in [0.25, 0.3) is 0 Å². The molecule has 3 aromatic rings. The minimum Gasteiger partial charge on any atom is -0.404 e. The van der Waals surface area contributed by atoms with Crippen molar-refractivity contribution in [1.29, 1.82) is 0 Å². The summed E-state index contributed by atoms with van der Waals surface area (Å²) in [5.41, 5.74) is -0.863. The number of carbonyl (C=O) groups excluding carboxylic acids is 1. The zero-order valence-electron chi connectivity index (χ0n) is 17.1. The van der Waals surface area contributed by atoms with Crippen LogP contribution in [-0.4, -0.2) is 48.2 Å². The van der Waals surface area contributed by atoms with E-state index in [4.69, 9.17) is 27.9 Å². The summed E-state index contributed by atoms with van der Waals surface area (Å²) in [6.07, 6.45) is -1.27. The van der Waals surface area contributed by atoms with Gasteiger partial charge in [-0.15, -0.1) is 0 Å². The molecule has 0 aliphatic carbocycles. The fourth-order valence-electron chi connectivity index (χ4n) is 3.13. The van der Waals surface area contributed by atoms with Gasteiger partial charge >= 0.3 is 12.1 Å². The zero-order valence-corrected chi connectivity index (χ0v) is 19.4. The molecule has 8 nitrogen and oxygen atoms in total. The Bertz CT molecular complexity index is 1330. The molecule has 0 N–H and O–H groups in total. The van der Waals surface area contributed by atoms with E-state index in [1.165, 1.54) is 29.2 Å². The van der Waals surface area contributed by atoms with Crippen LogP contribution < -0.4 is 4.74 Å². The molecule has 3 rings (SSSR count). The van der Waals surface area contributed by atoms with E-state index in [9.17, 15) is 26.4 Å². The maximum Gasteiger partial charge on any atom is 0.411 e. The van der Waals surface area contributed by atoms with Gasteiger partial charge in [0.05, 0.1) is 33.3 Å². The van der Waals surface area contributed by atoms with Crippen molar-refractivity contribution in [2.75, 3.05) is 12.9 Å². The Balaban J connectivity index is 2.24. The third-order valence-electron chi connectivity index (χ3n) is 4.36. The van der Waals surface area contributed by atoms with Crippen molar-refractivity contribution in [1.82, 2.24) is 14.8 Å². The van der Waals surface area contributed by atoms with Gasteiger partial charge in [-0.05, 0) is 13.0 Å². The predicted octanol–water partition coefficient (Wildman–Crippen LogP) is 4.46. The Kier molecular flexibility index (Phi) is 7.22. The number of carbonyl (C=O) groups is 1. The number of nitrogens with zero attached hydrogens (tertiary/aromatic N) is 3. The maximum absolute atomic E-state index is 13.1. The first-order valence-corrected chi connectivity index (χ1v) is 11.9. The van der Waals surface area contributed by atoms with Gasteiger partial charge in [-0.25, -0.2) is 17.9 Å². The van der Waals surface area contributed by atoms with Crippen molar-refractivity contribution in [2.45, 2.75) is 31.1 Å². The molecule has 1 aromatic carbocycles. The summed E-state index contributed by atoms with van der Waals surface area (Å²) >= 11 is 12.4. The summed E-state index contributed by atoms with van der Waals surface area (Å²) in [6, 6.07) is 2.64. The minimum atomic E-state index is -4.67. The number of ether oxygens (including phenoxy) is 2. The summed E-state index contributed by atoms with van der Waals surface area (Å²) in [5, 5.41) is 3.42. The molecule has 178 valence electrons. The van der Waals surface area contributed by atoms with E-state index in [0.29, 0.717) is 6.54 Å². The van der Waals surface area contributed by atoms with Gasteiger partial charge in [0.15, 0.2) is 9.84 Å². The Labute approximate surface area is 196 Å². The van der Waals surface area contributed by atoms with Gasteiger partial charge in [0, 0.05) is 36.0 Å². The van der Waals surface area contributed by atoms with E-state index >= 15 is 0 Å². The number of alkyl halides is 3. The Morgan fingerprint density at radius 3 is 2.58 bits per heavy atom. The number of halogens is 5. The lowest BCUT2D eigenvalue weighted by molar-refractivity contribution is -0.176. The highest BCUT2D eigenvalue weighted by molar-refractivity contribution is 7.91. The fraction of sp³-hybridized carbons (Fsp3) is 0.316. The summed E-state index contributed by atoms with van der Waals surface area (Å²) in [6.45, 7) is -0.376. The number of pyridine rings is 1. The molecular formula is C19H16Cl2F3N3O5S. The highest BCUT2D eigenvalue weighted by Gasteiger charge is 2.32. The molecule has 0 saturated heterocycles. The number of hydrogen-bond acceptors (Lipinski definition) is 7. The van der Waals surface area contributed by atoms with E-state index < -0.39 is 45.1 Å². The highest BCUT2D eigenvalue weighted by Crippen LogP contribution is 2.38. The van der Waals surface area contributed by atoms with Crippen LogP contribution in [0.15, 0.2) is 29.4 Å². The highest BCUT2D eigenvalue weighted by atomic mass is 35.5. The largest absolute Gasteiger partial charge is 0.411 e. The third kappa shape index (κ3) is 5.57. The Morgan fingerprint density at radius 1 is 1.27 bits per heavy atom. The Morgan fingerprint density at radius 2 is 1.97 bits per heavy atom. The lowest BCUT2D eigenvalue weighted by Crippen LogP contribution is -2.19. The summed E-state index contributed by atoms with van der Waals surface area (Å²) in [7, 11) is -4.08. The number of hydrogen-bond donors (Lipinski definition) is 0. The number of sulfone groups is 1. The first kappa shape index (κ1) is 25.2. The average Bonchev–Trinajstić information content (AvgIpc) is 3.13. The quantitative estimate of drug-likeness (QED) is 0.419. The van der Waals surface area contributed by atoms with Gasteiger partial charge in [0.2, 0.25) is 5.88 Å². The molecule has 14 heteroatoms. The number of rotatable bonds is 7. The van der Waals surface area contributed by atoms with E-state index in [2.05, 4.69) is 14.8 Å². The van der Waals surface area contributed by atoms with Crippen LogP contribution in [0.3, 0.4) is 0 Å². The van der Waals surface area contributed by atoms with Crippen molar-refractivity contribution < 1.29 is 35.9 Å². The van der Waals surface area contributed by atoms with Crippen LogP contribution in [0.1, 0.15) is 22.8 Å². The number of benzene rings is 1. The van der Waals surface area contributed by atoms with Gasteiger partial charge in [-0.2, -0.15) is 18.3 Å². The second-order valence-corrected chi connectivity index (χ2v) is 9.57. The second-order valence-electron chi connectivity index (χ2n) is 6.80. The molecule has 0 bridgehead atoms. The fourth-order valence-corrected chi connectivity index (χ4v) is 4.82. The number of fused-ring (bicyclic) bond motifs is 1. The molecule has 0 radical (unpaired) electrons. The maximum atomic E-state index is 13.1.